The van der Waals surface area contributed by atoms with Crippen molar-refractivity contribution in [3.63, 3.8) is 0 Å². The minimum Gasteiger partial charge on any atom is -0.0888 e. The lowest BCUT2D eigenvalue weighted by Crippen LogP contribution is -2.17. The lowest BCUT2D eigenvalue weighted by Gasteiger charge is -2.25. The summed E-state index contributed by atoms with van der Waals surface area (Å²) in [6.45, 7) is 0. The van der Waals surface area contributed by atoms with Crippen LogP contribution < -0.4 is 0 Å². The third kappa shape index (κ3) is 1.66. The van der Waals surface area contributed by atoms with E-state index in [4.69, 9.17) is 0 Å². The minimum atomic E-state index is 0.863. The van der Waals surface area contributed by atoms with Crippen molar-refractivity contribution in [2.45, 2.75) is 56.2 Å². The van der Waals surface area contributed by atoms with E-state index >= 15 is 0 Å². The molecule has 1 heteroatoms. The van der Waals surface area contributed by atoms with Gasteiger partial charge in [-0.25, -0.2) is 0 Å². The van der Waals surface area contributed by atoms with Crippen LogP contribution in [0.25, 0.3) is 0 Å². The summed E-state index contributed by atoms with van der Waals surface area (Å²) in [5.74, 6) is 4.43. The number of fused-ring (bicyclic) bond motifs is 2. The molecule has 0 aromatic carbocycles. The molecule has 0 radical (unpaired) electrons. The number of halogens is 1. The average Bonchev–Trinajstić information content (AvgIpc) is 2.83. The predicted octanol–water partition coefficient (Wildman–Crippen LogP) is 4.38. The molecule has 0 aromatic heterocycles. The topological polar surface area (TPSA) is 0 Å². The third-order valence-corrected chi connectivity index (χ3v) is 6.26. The molecule has 0 saturated heterocycles. The van der Waals surface area contributed by atoms with Gasteiger partial charge in [-0.3, -0.25) is 0 Å². The van der Waals surface area contributed by atoms with Crippen LogP contribution in [0.15, 0.2) is 0 Å². The monoisotopic (exact) mass is 256 g/mol. The van der Waals surface area contributed by atoms with E-state index in [0.717, 1.165) is 28.5 Å². The molecule has 3 rings (SSSR count). The maximum absolute atomic E-state index is 3.87. The Morgan fingerprint density at radius 1 is 0.929 bits per heavy atom. The van der Waals surface area contributed by atoms with Crippen LogP contribution >= 0.6 is 15.9 Å². The summed E-state index contributed by atoms with van der Waals surface area (Å²) in [5.41, 5.74) is 0. The molecule has 0 aromatic rings. The Hall–Kier alpha value is 0.480. The summed E-state index contributed by atoms with van der Waals surface area (Å²) in [6.07, 6.45) is 12.3. The van der Waals surface area contributed by atoms with Crippen molar-refractivity contribution in [3.05, 3.63) is 0 Å². The zero-order chi connectivity index (χ0) is 9.54. The number of rotatable bonds is 2. The Morgan fingerprint density at radius 2 is 1.86 bits per heavy atom. The summed E-state index contributed by atoms with van der Waals surface area (Å²) in [7, 11) is 0. The summed E-state index contributed by atoms with van der Waals surface area (Å²) < 4.78 is 0. The molecule has 3 aliphatic rings. The quantitative estimate of drug-likeness (QED) is 0.644. The fourth-order valence-electron chi connectivity index (χ4n) is 4.31. The Balaban J connectivity index is 1.57. The van der Waals surface area contributed by atoms with Gasteiger partial charge in [-0.2, -0.15) is 0 Å². The van der Waals surface area contributed by atoms with Crippen LogP contribution in [0.5, 0.6) is 0 Å². The summed E-state index contributed by atoms with van der Waals surface area (Å²) in [6, 6.07) is 0. The van der Waals surface area contributed by atoms with Crippen molar-refractivity contribution < 1.29 is 0 Å². The molecule has 80 valence electrons. The molecule has 0 N–H and O–H groups in total. The summed E-state index contributed by atoms with van der Waals surface area (Å²) in [5, 5.41) is 0. The highest BCUT2D eigenvalue weighted by Crippen LogP contribution is 2.52. The van der Waals surface area contributed by atoms with Crippen LogP contribution in [0.1, 0.15) is 51.4 Å². The van der Waals surface area contributed by atoms with E-state index in [1.807, 2.05) is 0 Å². The van der Waals surface area contributed by atoms with Gasteiger partial charge in [0.25, 0.3) is 0 Å². The average molecular weight is 257 g/mol. The van der Waals surface area contributed by atoms with E-state index in [2.05, 4.69) is 15.9 Å². The third-order valence-electron chi connectivity index (χ3n) is 5.06. The van der Waals surface area contributed by atoms with Gasteiger partial charge < -0.3 is 0 Å². The van der Waals surface area contributed by atoms with Gasteiger partial charge in [-0.05, 0) is 62.2 Å². The Labute approximate surface area is 96.0 Å². The Morgan fingerprint density at radius 3 is 2.43 bits per heavy atom. The van der Waals surface area contributed by atoms with Crippen molar-refractivity contribution in [1.29, 1.82) is 0 Å². The molecule has 3 fully saturated rings. The second kappa shape index (κ2) is 3.81. The fraction of sp³-hybridized carbons (Fsp3) is 1.00. The molecular formula is C13H21Br. The Bertz CT molecular complexity index is 213. The highest BCUT2D eigenvalue weighted by Gasteiger charge is 2.41. The SMILES string of the molecule is BrC1CCCC1CC1CC2CCC1C2. The molecule has 14 heavy (non-hydrogen) atoms. The van der Waals surface area contributed by atoms with Crippen LogP contribution in [-0.4, -0.2) is 4.83 Å². The van der Waals surface area contributed by atoms with Crippen molar-refractivity contribution >= 4 is 15.9 Å². The van der Waals surface area contributed by atoms with E-state index in [-0.39, 0.29) is 0 Å². The number of hydrogen-bond acceptors (Lipinski definition) is 0. The summed E-state index contributed by atoms with van der Waals surface area (Å²) in [4.78, 5) is 0.863. The molecular weight excluding hydrogens is 236 g/mol. The standard InChI is InChI=1S/C13H21Br/c14-13-3-1-2-11(13)8-12-7-9-4-5-10(12)6-9/h9-13H,1-8H2. The van der Waals surface area contributed by atoms with Crippen LogP contribution in [0, 0.1) is 23.7 Å². The Kier molecular flexibility index (Phi) is 2.64. The molecule has 0 nitrogen and oxygen atoms in total. The molecule has 0 heterocycles. The van der Waals surface area contributed by atoms with Gasteiger partial charge in [0.2, 0.25) is 0 Å². The second-order valence-electron chi connectivity index (χ2n) is 5.88. The van der Waals surface area contributed by atoms with E-state index in [1.54, 1.807) is 32.1 Å². The summed E-state index contributed by atoms with van der Waals surface area (Å²) >= 11 is 3.87. The lowest BCUT2D eigenvalue weighted by molar-refractivity contribution is 0.272. The second-order valence-corrected chi connectivity index (χ2v) is 7.05. The first-order valence-corrected chi connectivity index (χ1v) is 7.38. The van der Waals surface area contributed by atoms with Gasteiger partial charge in [0.15, 0.2) is 0 Å². The van der Waals surface area contributed by atoms with Gasteiger partial charge in [-0.1, -0.05) is 28.8 Å². The molecule has 3 saturated carbocycles. The molecule has 0 amide bonds. The van der Waals surface area contributed by atoms with Crippen molar-refractivity contribution in [3.8, 4) is 0 Å². The van der Waals surface area contributed by atoms with Crippen molar-refractivity contribution in [2.75, 3.05) is 0 Å². The van der Waals surface area contributed by atoms with Crippen molar-refractivity contribution in [1.82, 2.24) is 0 Å². The van der Waals surface area contributed by atoms with Crippen LogP contribution in [0.4, 0.5) is 0 Å². The zero-order valence-corrected chi connectivity index (χ0v) is 10.5. The molecule has 5 atom stereocenters. The van der Waals surface area contributed by atoms with Gasteiger partial charge in [0.1, 0.15) is 0 Å². The molecule has 3 aliphatic carbocycles. The normalized spacial score (nSPS) is 51.6. The van der Waals surface area contributed by atoms with Gasteiger partial charge >= 0.3 is 0 Å². The highest BCUT2D eigenvalue weighted by atomic mass is 79.9. The van der Waals surface area contributed by atoms with Gasteiger partial charge in [-0.15, -0.1) is 0 Å². The van der Waals surface area contributed by atoms with E-state index < -0.39 is 0 Å². The number of hydrogen-bond donors (Lipinski definition) is 0. The smallest absolute Gasteiger partial charge is 0.0174 e. The first-order chi connectivity index (χ1) is 6.83. The molecule has 2 bridgehead atoms. The largest absolute Gasteiger partial charge is 0.0888 e. The minimum absolute atomic E-state index is 0.863. The first kappa shape index (κ1) is 9.69. The molecule has 0 spiro atoms. The van der Waals surface area contributed by atoms with Gasteiger partial charge in [0.05, 0.1) is 0 Å². The van der Waals surface area contributed by atoms with E-state index in [0.29, 0.717) is 0 Å². The number of alkyl halides is 1. The lowest BCUT2D eigenvalue weighted by atomic mass is 9.82. The highest BCUT2D eigenvalue weighted by molar-refractivity contribution is 9.09. The van der Waals surface area contributed by atoms with Crippen LogP contribution in [-0.2, 0) is 0 Å². The van der Waals surface area contributed by atoms with Crippen molar-refractivity contribution in [2.24, 2.45) is 23.7 Å². The van der Waals surface area contributed by atoms with Crippen LogP contribution in [0.3, 0.4) is 0 Å². The predicted molar refractivity (Wildman–Crippen MR) is 63.6 cm³/mol. The molecule has 0 aliphatic heterocycles. The first-order valence-electron chi connectivity index (χ1n) is 6.47. The van der Waals surface area contributed by atoms with E-state index in [1.165, 1.54) is 19.3 Å². The maximum atomic E-state index is 3.87. The fourth-order valence-corrected chi connectivity index (χ4v) is 5.12. The van der Waals surface area contributed by atoms with Gasteiger partial charge in [0, 0.05) is 4.83 Å². The maximum Gasteiger partial charge on any atom is 0.0174 e. The van der Waals surface area contributed by atoms with E-state index in [9.17, 15) is 0 Å². The molecule has 5 unspecified atom stereocenters. The zero-order valence-electron chi connectivity index (χ0n) is 8.92. The van der Waals surface area contributed by atoms with Crippen LogP contribution in [0.2, 0.25) is 0 Å².